The molecule has 112 valence electrons. The second kappa shape index (κ2) is 5.53. The van der Waals surface area contributed by atoms with Crippen molar-refractivity contribution in [2.24, 2.45) is 5.73 Å². The second-order valence-electron chi connectivity index (χ2n) is 5.29. The summed E-state index contributed by atoms with van der Waals surface area (Å²) in [7, 11) is -3.45. The van der Waals surface area contributed by atoms with Crippen molar-refractivity contribution >= 4 is 21.4 Å². The van der Waals surface area contributed by atoms with Crippen molar-refractivity contribution in [2.75, 3.05) is 6.54 Å². The van der Waals surface area contributed by atoms with E-state index in [4.69, 9.17) is 5.73 Å². The van der Waals surface area contributed by atoms with Crippen molar-refractivity contribution in [3.05, 3.63) is 51.2 Å². The lowest BCUT2D eigenvalue weighted by atomic mass is 9.78. The van der Waals surface area contributed by atoms with Crippen molar-refractivity contribution in [2.45, 2.75) is 30.7 Å². The predicted molar refractivity (Wildman–Crippen MR) is 85.0 cm³/mol. The topological polar surface area (TPSA) is 72.2 Å². The molecule has 21 heavy (non-hydrogen) atoms. The summed E-state index contributed by atoms with van der Waals surface area (Å²) in [6.07, 6.45) is 0.940. The van der Waals surface area contributed by atoms with Gasteiger partial charge in [0.15, 0.2) is 0 Å². The van der Waals surface area contributed by atoms with Gasteiger partial charge in [0.2, 0.25) is 10.0 Å². The molecule has 1 aromatic heterocycles. The monoisotopic (exact) mass is 322 g/mol. The fourth-order valence-electron chi connectivity index (χ4n) is 2.72. The summed E-state index contributed by atoms with van der Waals surface area (Å²) < 4.78 is 27.5. The maximum absolute atomic E-state index is 12.4. The van der Waals surface area contributed by atoms with Gasteiger partial charge in [0.25, 0.3) is 0 Å². The zero-order valence-electron chi connectivity index (χ0n) is 11.8. The van der Waals surface area contributed by atoms with Crippen LogP contribution < -0.4 is 10.5 Å². The Morgan fingerprint density at radius 2 is 2.14 bits per heavy atom. The molecular formula is C15H18N2O2S2. The van der Waals surface area contributed by atoms with Crippen LogP contribution >= 0.6 is 11.3 Å². The van der Waals surface area contributed by atoms with E-state index in [2.05, 4.69) is 16.9 Å². The van der Waals surface area contributed by atoms with Gasteiger partial charge in [0.05, 0.1) is 4.90 Å². The molecule has 1 aliphatic carbocycles. The molecular weight excluding hydrogens is 304 g/mol. The zero-order chi connectivity index (χ0) is 15.0. The van der Waals surface area contributed by atoms with Gasteiger partial charge in [-0.1, -0.05) is 24.3 Å². The highest BCUT2D eigenvalue weighted by molar-refractivity contribution is 7.89. The largest absolute Gasteiger partial charge is 0.326 e. The summed E-state index contributed by atoms with van der Waals surface area (Å²) >= 11 is 1.44. The Morgan fingerprint density at radius 1 is 1.38 bits per heavy atom. The van der Waals surface area contributed by atoms with Crippen LogP contribution in [0.4, 0.5) is 0 Å². The summed E-state index contributed by atoms with van der Waals surface area (Å²) in [4.78, 5) is 2.04. The smallest absolute Gasteiger partial charge is 0.241 e. The predicted octanol–water partition coefficient (Wildman–Crippen LogP) is 2.13. The van der Waals surface area contributed by atoms with Gasteiger partial charge in [-0.05, 0) is 30.5 Å². The molecule has 0 fully saturated rings. The number of hydrogen-bond acceptors (Lipinski definition) is 4. The average Bonchev–Trinajstić information content (AvgIpc) is 2.82. The lowest BCUT2D eigenvalue weighted by Crippen LogP contribution is -2.33. The van der Waals surface area contributed by atoms with Crippen LogP contribution in [0.1, 0.15) is 26.8 Å². The van der Waals surface area contributed by atoms with E-state index in [0.717, 1.165) is 16.2 Å². The van der Waals surface area contributed by atoms with E-state index in [1.54, 1.807) is 6.07 Å². The van der Waals surface area contributed by atoms with Crippen LogP contribution in [0, 0.1) is 6.92 Å². The van der Waals surface area contributed by atoms with Gasteiger partial charge in [0.1, 0.15) is 0 Å². The summed E-state index contributed by atoms with van der Waals surface area (Å²) in [6, 6.07) is 9.85. The minimum Gasteiger partial charge on any atom is -0.326 e. The molecule has 0 aliphatic heterocycles. The van der Waals surface area contributed by atoms with Gasteiger partial charge in [-0.2, -0.15) is 0 Å². The number of rotatable bonds is 5. The summed E-state index contributed by atoms with van der Waals surface area (Å²) in [6.45, 7) is 2.64. The quantitative estimate of drug-likeness (QED) is 0.886. The molecule has 4 nitrogen and oxygen atoms in total. The molecule has 0 spiro atoms. The van der Waals surface area contributed by atoms with E-state index < -0.39 is 10.0 Å². The third-order valence-corrected chi connectivity index (χ3v) is 6.65. The lowest BCUT2D eigenvalue weighted by Gasteiger charge is -2.30. The number of aryl methyl sites for hydroxylation is 1. The van der Waals surface area contributed by atoms with E-state index in [-0.39, 0.29) is 5.92 Å². The van der Waals surface area contributed by atoms with E-state index in [0.29, 0.717) is 18.0 Å². The van der Waals surface area contributed by atoms with Crippen molar-refractivity contribution < 1.29 is 8.42 Å². The fraction of sp³-hybridized carbons (Fsp3) is 0.333. The Hall–Kier alpha value is -1.21. The van der Waals surface area contributed by atoms with Gasteiger partial charge >= 0.3 is 0 Å². The van der Waals surface area contributed by atoms with Crippen LogP contribution in [0.25, 0.3) is 0 Å². The number of fused-ring (bicyclic) bond motifs is 1. The molecule has 2 aromatic rings. The number of thiophene rings is 1. The molecule has 1 atom stereocenters. The summed E-state index contributed by atoms with van der Waals surface area (Å²) in [5, 5.41) is 0. The van der Waals surface area contributed by atoms with Crippen LogP contribution in [0.3, 0.4) is 0 Å². The Labute approximate surface area is 129 Å². The van der Waals surface area contributed by atoms with Crippen LogP contribution in [-0.2, 0) is 23.0 Å². The van der Waals surface area contributed by atoms with E-state index in [1.807, 2.05) is 19.1 Å². The Balaban J connectivity index is 1.72. The highest BCUT2D eigenvalue weighted by Gasteiger charge is 2.28. The van der Waals surface area contributed by atoms with E-state index in [1.165, 1.54) is 22.5 Å². The Kier molecular flexibility index (Phi) is 3.88. The highest BCUT2D eigenvalue weighted by Crippen LogP contribution is 2.34. The van der Waals surface area contributed by atoms with Gasteiger partial charge in [-0.15, -0.1) is 11.3 Å². The lowest BCUT2D eigenvalue weighted by molar-refractivity contribution is 0.552. The Bertz CT molecular complexity index is 766. The number of nitrogens with two attached hydrogens (primary N) is 1. The van der Waals surface area contributed by atoms with Gasteiger partial charge in [-0.25, -0.2) is 13.1 Å². The summed E-state index contributed by atoms with van der Waals surface area (Å²) in [5.74, 6) is 0.281. The summed E-state index contributed by atoms with van der Waals surface area (Å²) in [5.41, 5.74) is 8.15. The first-order valence-corrected chi connectivity index (χ1v) is 9.18. The van der Waals surface area contributed by atoms with Crippen molar-refractivity contribution in [1.29, 1.82) is 0 Å². The first-order valence-electron chi connectivity index (χ1n) is 6.88. The molecule has 3 rings (SSSR count). The first kappa shape index (κ1) is 14.7. The van der Waals surface area contributed by atoms with Crippen LogP contribution in [0.5, 0.6) is 0 Å². The zero-order valence-corrected chi connectivity index (χ0v) is 13.4. The first-order chi connectivity index (χ1) is 10.0. The Morgan fingerprint density at radius 3 is 2.81 bits per heavy atom. The van der Waals surface area contributed by atoms with E-state index >= 15 is 0 Å². The van der Waals surface area contributed by atoms with Crippen molar-refractivity contribution in [1.82, 2.24) is 4.72 Å². The van der Waals surface area contributed by atoms with Crippen LogP contribution in [0.15, 0.2) is 35.2 Å². The third-order valence-electron chi connectivity index (χ3n) is 3.89. The minimum atomic E-state index is -3.45. The molecule has 3 N–H and O–H groups in total. The van der Waals surface area contributed by atoms with Crippen LogP contribution in [-0.4, -0.2) is 15.0 Å². The molecule has 0 radical (unpaired) electrons. The number of benzene rings is 1. The molecule has 6 heteroatoms. The molecule has 0 saturated heterocycles. The number of hydrogen-bond donors (Lipinski definition) is 2. The van der Waals surface area contributed by atoms with E-state index in [9.17, 15) is 8.42 Å². The average molecular weight is 322 g/mol. The van der Waals surface area contributed by atoms with Crippen molar-refractivity contribution in [3.8, 4) is 0 Å². The standard InChI is InChI=1S/C15H18N2O2S2/c1-10-15(7-13(8-16)20-10)21(18,19)17-9-12-6-11-4-2-3-5-14(11)12/h2-5,7,12,17H,6,8-9,16H2,1H3. The number of sulfonamides is 1. The number of nitrogens with one attached hydrogen (secondary N) is 1. The second-order valence-corrected chi connectivity index (χ2v) is 8.37. The van der Waals surface area contributed by atoms with Gasteiger partial charge in [-0.3, -0.25) is 0 Å². The van der Waals surface area contributed by atoms with Crippen molar-refractivity contribution in [3.63, 3.8) is 0 Å². The van der Waals surface area contributed by atoms with Gasteiger partial charge < -0.3 is 5.73 Å². The molecule has 0 saturated carbocycles. The molecule has 1 unspecified atom stereocenters. The third kappa shape index (κ3) is 2.76. The highest BCUT2D eigenvalue weighted by atomic mass is 32.2. The molecule has 1 aliphatic rings. The minimum absolute atomic E-state index is 0.281. The normalized spacial score (nSPS) is 17.3. The SMILES string of the molecule is Cc1sc(CN)cc1S(=O)(=O)NCC1Cc2ccccc21. The molecule has 0 bridgehead atoms. The fourth-order valence-corrected chi connectivity index (χ4v) is 5.32. The van der Waals surface area contributed by atoms with Crippen LogP contribution in [0.2, 0.25) is 0 Å². The maximum Gasteiger partial charge on any atom is 0.241 e. The maximum atomic E-state index is 12.4. The molecule has 0 amide bonds. The molecule has 1 heterocycles. The van der Waals surface area contributed by atoms with Gasteiger partial charge in [0, 0.05) is 28.8 Å². The molecule has 1 aromatic carbocycles.